The summed E-state index contributed by atoms with van der Waals surface area (Å²) in [4.78, 5) is 24.9. The van der Waals surface area contributed by atoms with Gasteiger partial charge >= 0.3 is 41.5 Å². The van der Waals surface area contributed by atoms with Crippen LogP contribution in [0.5, 0.6) is 0 Å². The molecule has 0 saturated heterocycles. The van der Waals surface area contributed by atoms with Crippen molar-refractivity contribution in [3.63, 3.8) is 0 Å². The minimum Gasteiger partial charge on any atom is -0.478 e. The zero-order valence-electron chi connectivity index (χ0n) is 30.5. The van der Waals surface area contributed by atoms with E-state index in [0.29, 0.717) is 23.0 Å². The Morgan fingerprint density at radius 2 is 1.27 bits per heavy atom. The molecule has 0 aliphatic rings. The first-order chi connectivity index (χ1) is 20.4. The van der Waals surface area contributed by atoms with E-state index < -0.39 is 5.97 Å². The monoisotopic (exact) mass is 1030 g/mol. The Labute approximate surface area is 351 Å². The van der Waals surface area contributed by atoms with Crippen LogP contribution in [-0.4, -0.2) is 56.8 Å². The molecule has 13 heteroatoms. The average molecular weight is 1030 g/mol. The maximum atomic E-state index is 11.0. The zero-order valence-corrected chi connectivity index (χ0v) is 42.0. The molecular formula is C32H64B2Br2I2NaO4P2+. The normalized spacial score (nSPS) is 9.91. The number of ether oxygens (including phenoxy) is 1. The summed E-state index contributed by atoms with van der Waals surface area (Å²) < 4.78 is 5.00. The van der Waals surface area contributed by atoms with E-state index >= 15 is 0 Å². The fraction of sp³-hybridized carbons (Fsp3) is 0.750. The smallest absolute Gasteiger partial charge is 0.478 e. The van der Waals surface area contributed by atoms with Crippen LogP contribution < -0.4 is 29.6 Å². The number of rotatable bonds is 17. The number of halogens is 4. The molecule has 0 heterocycles. The van der Waals surface area contributed by atoms with E-state index in [1.54, 1.807) is 6.92 Å². The molecule has 45 heavy (non-hydrogen) atoms. The summed E-state index contributed by atoms with van der Waals surface area (Å²) in [7, 11) is 2.06. The van der Waals surface area contributed by atoms with Gasteiger partial charge in [0.15, 0.2) is 0 Å². The van der Waals surface area contributed by atoms with Crippen molar-refractivity contribution in [2.75, 3.05) is 30.1 Å². The first-order valence-electron chi connectivity index (χ1n) is 15.1. The zero-order chi connectivity index (χ0) is 36.0. The number of alkyl halides is 2. The van der Waals surface area contributed by atoms with Gasteiger partial charge in [-0.1, -0.05) is 119 Å². The van der Waals surface area contributed by atoms with E-state index in [-0.39, 0.29) is 41.1 Å². The standard InChI is InChI=1S/C12H22O2.C8H17Br.C4H6O2.C4H8.C3H7BBrIP.CH4BIP.Na/c1-6-12(4,5)8-7-9-14-11(13)10(2)3;1-4-8(2,3)6-5-7-9;1-3(2)4(5)6;1-3-4-2;5-2-1-3-7-4-6;1-4-2-3;/h2,6-9H2,1,3-5H3;4-7H2,1-3H3;1H2,2H3,(H,5,6);3H,1,4H2,2H3;7H,1-3H2;4H,1H3;/q;;;;;;+1. The van der Waals surface area contributed by atoms with Gasteiger partial charge in [0.2, 0.25) is 9.71 Å². The molecule has 0 aliphatic heterocycles. The molecule has 0 aromatic rings. The molecule has 0 saturated carbocycles. The quantitative estimate of drug-likeness (QED) is 0.0231. The Bertz CT molecular complexity index is 678. The molecule has 0 spiro atoms. The van der Waals surface area contributed by atoms with Gasteiger partial charge in [-0.2, -0.15) is 53.2 Å². The van der Waals surface area contributed by atoms with E-state index in [9.17, 15) is 9.59 Å². The predicted molar refractivity (Wildman–Crippen MR) is 234 cm³/mol. The van der Waals surface area contributed by atoms with Crippen LogP contribution in [0, 0.1) is 10.8 Å². The van der Waals surface area contributed by atoms with Crippen LogP contribution in [0.25, 0.3) is 0 Å². The van der Waals surface area contributed by atoms with Crippen molar-refractivity contribution in [3.8, 4) is 0 Å². The molecule has 0 aromatic carbocycles. The van der Waals surface area contributed by atoms with Gasteiger partial charge in [0.05, 0.1) is 6.61 Å². The molecule has 1 N–H and O–H groups in total. The molecule has 260 valence electrons. The number of aliphatic carboxylic acids is 1. The van der Waals surface area contributed by atoms with Crippen molar-refractivity contribution in [2.45, 2.75) is 114 Å². The van der Waals surface area contributed by atoms with E-state index in [0.717, 1.165) is 53.3 Å². The maximum Gasteiger partial charge on any atom is 1.00 e. The van der Waals surface area contributed by atoms with Crippen LogP contribution in [0.1, 0.15) is 114 Å². The molecule has 0 aromatic heterocycles. The third-order valence-corrected chi connectivity index (χ3v) is 11.1. The van der Waals surface area contributed by atoms with Gasteiger partial charge in [0.1, 0.15) is 0 Å². The number of hydrogen-bond donors (Lipinski definition) is 1. The maximum absolute atomic E-state index is 11.0. The molecule has 2 radical (unpaired) electrons. The van der Waals surface area contributed by atoms with Gasteiger partial charge in [-0.15, -0.1) is 15.0 Å². The fourth-order valence-electron chi connectivity index (χ4n) is 1.96. The Morgan fingerprint density at radius 3 is 1.51 bits per heavy atom. The first-order valence-corrected chi connectivity index (χ1v) is 22.7. The van der Waals surface area contributed by atoms with Crippen molar-refractivity contribution >= 4 is 115 Å². The summed E-state index contributed by atoms with van der Waals surface area (Å²) in [6.07, 6.45) is 12.7. The SMILES string of the molecule is BrCCCP[B]I.C=C(C)C(=O)O.C=C(C)C(=O)OCCCC(C)(C)CC.C=CCC.CCC(C)(C)CCCBr.CP[B]I.[Na+]. The average Bonchev–Trinajstić information content (AvgIpc) is 2.99. The third kappa shape index (κ3) is 73.1. The topological polar surface area (TPSA) is 63.6 Å². The van der Waals surface area contributed by atoms with Crippen molar-refractivity contribution in [2.24, 2.45) is 10.8 Å². The first kappa shape index (κ1) is 62.7. The van der Waals surface area contributed by atoms with Crippen molar-refractivity contribution in [1.82, 2.24) is 0 Å². The molecule has 2 unspecified atom stereocenters. The summed E-state index contributed by atoms with van der Waals surface area (Å²) in [5, 5.41) is 10.2. The number of carboxylic acid groups (broad SMARTS) is 1. The van der Waals surface area contributed by atoms with Gasteiger partial charge in [0.25, 0.3) is 0 Å². The van der Waals surface area contributed by atoms with Gasteiger partial charge in [-0.25, -0.2) is 9.59 Å². The number of hydrogen-bond acceptors (Lipinski definition) is 3. The van der Waals surface area contributed by atoms with E-state index in [1.807, 2.05) is 6.08 Å². The second-order valence-corrected chi connectivity index (χ2v) is 18.4. The molecule has 2 atom stereocenters. The molecule has 0 amide bonds. The number of carboxylic acids is 1. The molecule has 0 bridgehead atoms. The minimum absolute atomic E-state index is 0. The van der Waals surface area contributed by atoms with Crippen LogP contribution in [0.2, 0.25) is 0 Å². The molecule has 0 aliphatic carbocycles. The molecule has 0 fully saturated rings. The van der Waals surface area contributed by atoms with E-state index in [2.05, 4.69) is 161 Å². The molecular weight excluding hydrogens is 969 g/mol. The Kier molecular flexibility index (Phi) is 67.8. The summed E-state index contributed by atoms with van der Waals surface area (Å²) in [6, 6.07) is 0. The predicted octanol–water partition coefficient (Wildman–Crippen LogP) is 9.84. The van der Waals surface area contributed by atoms with Gasteiger partial charge < -0.3 is 9.84 Å². The van der Waals surface area contributed by atoms with E-state index in [4.69, 9.17) is 9.84 Å². The summed E-state index contributed by atoms with van der Waals surface area (Å²) in [5.74, 6) is -1.21. The molecule has 0 rings (SSSR count). The van der Waals surface area contributed by atoms with Gasteiger partial charge in [-0.3, -0.25) is 0 Å². The summed E-state index contributed by atoms with van der Waals surface area (Å²) >= 11 is 11.3. The number of carbonyl (C=O) groups is 2. The number of allylic oxidation sites excluding steroid dienone is 1. The Morgan fingerprint density at radius 1 is 0.889 bits per heavy atom. The van der Waals surface area contributed by atoms with Crippen LogP contribution in [0.15, 0.2) is 37.0 Å². The third-order valence-electron chi connectivity index (χ3n) is 5.78. The number of carbonyl (C=O) groups excluding carboxylic acids is 1. The van der Waals surface area contributed by atoms with E-state index in [1.165, 1.54) is 38.8 Å². The van der Waals surface area contributed by atoms with Crippen LogP contribution in [-0.2, 0) is 14.3 Å². The second-order valence-electron chi connectivity index (χ2n) is 11.1. The van der Waals surface area contributed by atoms with Crippen LogP contribution in [0.4, 0.5) is 0 Å². The van der Waals surface area contributed by atoms with Crippen molar-refractivity contribution in [3.05, 3.63) is 37.0 Å². The van der Waals surface area contributed by atoms with Gasteiger partial charge in [-0.05, 0) is 69.4 Å². The summed E-state index contributed by atoms with van der Waals surface area (Å²) in [6.45, 7) is 31.5. The van der Waals surface area contributed by atoms with Crippen LogP contribution >= 0.6 is 93.5 Å². The van der Waals surface area contributed by atoms with Crippen LogP contribution in [0.3, 0.4) is 0 Å². The Balaban J connectivity index is -0.0000000816. The number of esters is 1. The largest absolute Gasteiger partial charge is 1.00 e. The fourth-order valence-corrected chi connectivity index (χ4v) is 4.46. The van der Waals surface area contributed by atoms with Crippen molar-refractivity contribution in [1.29, 1.82) is 0 Å². The minimum atomic E-state index is -0.935. The summed E-state index contributed by atoms with van der Waals surface area (Å²) in [5.41, 5.74) is 1.57. The molecule has 4 nitrogen and oxygen atoms in total. The van der Waals surface area contributed by atoms with Crippen molar-refractivity contribution < 1.29 is 49.0 Å². The second kappa shape index (κ2) is 48.7. The van der Waals surface area contributed by atoms with Gasteiger partial charge in [0, 0.05) is 21.8 Å². The Hall–Kier alpha value is 2.57.